The first kappa shape index (κ1) is 14.9. The second-order valence-electron chi connectivity index (χ2n) is 4.06. The molecule has 1 rings (SSSR count). The van der Waals surface area contributed by atoms with E-state index in [1.165, 1.54) is 6.20 Å². The van der Waals surface area contributed by atoms with Gasteiger partial charge in [0.1, 0.15) is 0 Å². The largest absolute Gasteiger partial charge is 0.481 e. The van der Waals surface area contributed by atoms with Crippen LogP contribution in [0, 0.1) is 0 Å². The summed E-state index contributed by atoms with van der Waals surface area (Å²) in [7, 11) is 1.56. The Hall–Kier alpha value is -2.15. The van der Waals surface area contributed by atoms with Crippen LogP contribution in [0.25, 0.3) is 0 Å². The number of carbonyl (C=O) groups is 2. The molecule has 0 aliphatic rings. The Bertz CT molecular complexity index is 433. The predicted octanol–water partition coefficient (Wildman–Crippen LogP) is 0.865. The van der Waals surface area contributed by atoms with E-state index in [-0.39, 0.29) is 18.5 Å². The molecule has 1 heterocycles. The predicted molar refractivity (Wildman–Crippen MR) is 69.1 cm³/mol. The maximum absolute atomic E-state index is 11.6. The zero-order chi connectivity index (χ0) is 14.3. The van der Waals surface area contributed by atoms with Crippen molar-refractivity contribution in [3.8, 4) is 0 Å². The first-order valence-electron chi connectivity index (χ1n) is 5.74. The van der Waals surface area contributed by atoms with E-state index in [9.17, 15) is 9.59 Å². The lowest BCUT2D eigenvalue weighted by molar-refractivity contribution is -0.136. The van der Waals surface area contributed by atoms with E-state index >= 15 is 0 Å². The van der Waals surface area contributed by atoms with Gasteiger partial charge in [-0.1, -0.05) is 0 Å². The third-order valence-corrected chi connectivity index (χ3v) is 2.21. The van der Waals surface area contributed by atoms with Crippen molar-refractivity contribution < 1.29 is 19.4 Å². The number of aliphatic carboxylic acids is 1. The third kappa shape index (κ3) is 5.82. The van der Waals surface area contributed by atoms with Gasteiger partial charge < -0.3 is 20.5 Å². The van der Waals surface area contributed by atoms with E-state index in [1.807, 2.05) is 6.92 Å². The number of rotatable bonds is 6. The Labute approximate surface area is 111 Å². The van der Waals surface area contributed by atoms with Gasteiger partial charge in [0.2, 0.25) is 0 Å². The van der Waals surface area contributed by atoms with Gasteiger partial charge in [-0.15, -0.1) is 0 Å². The van der Waals surface area contributed by atoms with E-state index in [1.54, 1.807) is 19.2 Å². The Kier molecular flexibility index (Phi) is 5.74. The van der Waals surface area contributed by atoms with Crippen LogP contribution in [0.15, 0.2) is 18.3 Å². The van der Waals surface area contributed by atoms with Crippen LogP contribution < -0.4 is 10.6 Å². The lowest BCUT2D eigenvalue weighted by Crippen LogP contribution is -2.38. The van der Waals surface area contributed by atoms with Gasteiger partial charge in [-0.3, -0.25) is 9.78 Å². The van der Waals surface area contributed by atoms with Gasteiger partial charge in [0.15, 0.2) is 0 Å². The van der Waals surface area contributed by atoms with Crippen molar-refractivity contribution in [2.75, 3.05) is 19.0 Å². The molecule has 7 heteroatoms. The van der Waals surface area contributed by atoms with Crippen molar-refractivity contribution in [1.82, 2.24) is 10.3 Å². The lowest BCUT2D eigenvalue weighted by atomic mass is 10.2. The van der Waals surface area contributed by atoms with Crippen molar-refractivity contribution in [3.63, 3.8) is 0 Å². The molecule has 0 aliphatic carbocycles. The van der Waals surface area contributed by atoms with Gasteiger partial charge in [0, 0.05) is 7.11 Å². The van der Waals surface area contributed by atoms with Gasteiger partial charge in [-0.25, -0.2) is 4.79 Å². The van der Waals surface area contributed by atoms with Crippen LogP contribution in [0.2, 0.25) is 0 Å². The normalized spacial score (nSPS) is 11.7. The number of pyridine rings is 1. The van der Waals surface area contributed by atoms with Crippen molar-refractivity contribution >= 4 is 17.7 Å². The fourth-order valence-corrected chi connectivity index (χ4v) is 1.44. The molecule has 3 N–H and O–H groups in total. The number of aromatic nitrogens is 1. The smallest absolute Gasteiger partial charge is 0.319 e. The van der Waals surface area contributed by atoms with E-state index < -0.39 is 5.97 Å². The molecule has 1 aromatic rings. The first-order valence-corrected chi connectivity index (χ1v) is 5.74. The minimum Gasteiger partial charge on any atom is -0.481 e. The number of ether oxygens (including phenoxy) is 1. The molecule has 19 heavy (non-hydrogen) atoms. The topological polar surface area (TPSA) is 101 Å². The van der Waals surface area contributed by atoms with Crippen LogP contribution in [0.1, 0.15) is 12.6 Å². The molecule has 1 unspecified atom stereocenters. The third-order valence-electron chi connectivity index (χ3n) is 2.21. The molecule has 2 amide bonds. The maximum Gasteiger partial charge on any atom is 0.319 e. The number of carboxylic acid groups (broad SMARTS) is 1. The number of urea groups is 1. The number of hydrogen-bond donors (Lipinski definition) is 3. The second kappa shape index (κ2) is 7.32. The average Bonchev–Trinajstić information content (AvgIpc) is 2.31. The number of nitrogens with one attached hydrogen (secondary N) is 2. The highest BCUT2D eigenvalue weighted by atomic mass is 16.5. The summed E-state index contributed by atoms with van der Waals surface area (Å²) in [5, 5.41) is 13.9. The monoisotopic (exact) mass is 267 g/mol. The summed E-state index contributed by atoms with van der Waals surface area (Å²) in [6, 6.07) is 2.69. The molecular weight excluding hydrogens is 250 g/mol. The molecular formula is C12H17N3O4. The number of carbonyl (C=O) groups excluding carboxylic acids is 1. The fourth-order valence-electron chi connectivity index (χ4n) is 1.44. The summed E-state index contributed by atoms with van der Waals surface area (Å²) in [5.74, 6) is -0.945. The number of carboxylic acids is 1. The van der Waals surface area contributed by atoms with Crippen molar-refractivity contribution in [1.29, 1.82) is 0 Å². The number of anilines is 1. The summed E-state index contributed by atoms with van der Waals surface area (Å²) in [6.07, 6.45) is 1.27. The van der Waals surface area contributed by atoms with Gasteiger partial charge in [0.25, 0.3) is 0 Å². The summed E-state index contributed by atoms with van der Waals surface area (Å²) in [4.78, 5) is 26.0. The Morgan fingerprint density at radius 3 is 2.74 bits per heavy atom. The van der Waals surface area contributed by atoms with Crippen molar-refractivity contribution in [2.45, 2.75) is 19.4 Å². The number of amides is 2. The molecule has 1 atom stereocenters. The minimum absolute atomic E-state index is 0.107. The number of nitrogens with zero attached hydrogens (tertiary/aromatic N) is 1. The van der Waals surface area contributed by atoms with E-state index in [0.29, 0.717) is 18.0 Å². The highest BCUT2D eigenvalue weighted by molar-refractivity contribution is 5.89. The minimum atomic E-state index is -0.945. The molecule has 7 nitrogen and oxygen atoms in total. The fraction of sp³-hybridized carbons (Fsp3) is 0.417. The quantitative estimate of drug-likeness (QED) is 0.710. The molecule has 0 aliphatic heterocycles. The molecule has 0 bridgehead atoms. The summed E-state index contributed by atoms with van der Waals surface area (Å²) < 4.78 is 4.90. The molecule has 0 fully saturated rings. The Morgan fingerprint density at radius 1 is 1.47 bits per heavy atom. The number of methoxy groups -OCH3 is 1. The zero-order valence-corrected chi connectivity index (χ0v) is 10.8. The van der Waals surface area contributed by atoms with Gasteiger partial charge in [0.05, 0.1) is 36.6 Å². The van der Waals surface area contributed by atoms with E-state index in [0.717, 1.165) is 0 Å². The van der Waals surface area contributed by atoms with Gasteiger partial charge in [-0.05, 0) is 19.1 Å². The molecule has 0 spiro atoms. The summed E-state index contributed by atoms with van der Waals surface area (Å²) in [6.45, 7) is 2.24. The van der Waals surface area contributed by atoms with Gasteiger partial charge >= 0.3 is 12.0 Å². The second-order valence-corrected chi connectivity index (χ2v) is 4.06. The Balaban J connectivity index is 2.48. The van der Waals surface area contributed by atoms with Crippen molar-refractivity contribution in [3.05, 3.63) is 24.0 Å². The molecule has 1 aromatic heterocycles. The van der Waals surface area contributed by atoms with Crippen LogP contribution in [0.4, 0.5) is 10.5 Å². The molecule has 0 radical (unpaired) electrons. The van der Waals surface area contributed by atoms with Crippen molar-refractivity contribution in [2.24, 2.45) is 0 Å². The van der Waals surface area contributed by atoms with Crippen LogP contribution in [0.3, 0.4) is 0 Å². The standard InChI is InChI=1S/C12H17N3O4/c1-8(7-19-2)14-12(18)15-10-4-3-9(13-6-10)5-11(16)17/h3-4,6,8H,5,7H2,1-2H3,(H,16,17)(H2,14,15,18). The van der Waals surface area contributed by atoms with Crippen LogP contribution in [0.5, 0.6) is 0 Å². The Morgan fingerprint density at radius 2 is 2.21 bits per heavy atom. The lowest BCUT2D eigenvalue weighted by Gasteiger charge is -2.13. The highest BCUT2D eigenvalue weighted by Gasteiger charge is 2.07. The maximum atomic E-state index is 11.6. The zero-order valence-electron chi connectivity index (χ0n) is 10.8. The average molecular weight is 267 g/mol. The van der Waals surface area contributed by atoms with Crippen LogP contribution in [-0.2, 0) is 16.0 Å². The van der Waals surface area contributed by atoms with Crippen LogP contribution >= 0.6 is 0 Å². The molecule has 0 saturated carbocycles. The van der Waals surface area contributed by atoms with Gasteiger partial charge in [-0.2, -0.15) is 0 Å². The molecule has 0 aromatic carbocycles. The summed E-state index contributed by atoms with van der Waals surface area (Å²) in [5.41, 5.74) is 0.933. The number of hydrogen-bond acceptors (Lipinski definition) is 4. The van der Waals surface area contributed by atoms with Crippen LogP contribution in [-0.4, -0.2) is 41.8 Å². The molecule has 0 saturated heterocycles. The summed E-state index contributed by atoms with van der Waals surface area (Å²) >= 11 is 0. The first-order chi connectivity index (χ1) is 9.01. The molecule has 104 valence electrons. The highest BCUT2D eigenvalue weighted by Crippen LogP contribution is 2.06. The SMILES string of the molecule is COCC(C)NC(=O)Nc1ccc(CC(=O)O)nc1. The van der Waals surface area contributed by atoms with E-state index in [2.05, 4.69) is 15.6 Å². The van der Waals surface area contributed by atoms with E-state index in [4.69, 9.17) is 9.84 Å².